The predicted octanol–water partition coefficient (Wildman–Crippen LogP) is 8.53. The molecule has 1 aliphatic heterocycles. The number of halogens is 2. The van der Waals surface area contributed by atoms with Gasteiger partial charge in [-0.1, -0.05) is 83.9 Å². The highest BCUT2D eigenvalue weighted by atomic mass is 31.2. The van der Waals surface area contributed by atoms with Gasteiger partial charge in [0.25, 0.3) is 0 Å². The molecule has 1 fully saturated rings. The molecule has 0 amide bonds. The summed E-state index contributed by atoms with van der Waals surface area (Å²) in [5, 5.41) is 1.17. The van der Waals surface area contributed by atoms with Gasteiger partial charge in [0, 0.05) is 30.0 Å². The maximum Gasteiger partial charge on any atom is 0.132 e. The molecule has 0 bridgehead atoms. The first-order valence-corrected chi connectivity index (χ1v) is 15.1. The maximum absolute atomic E-state index is 15.3. The highest BCUT2D eigenvalue weighted by Gasteiger charge is 2.43. The molecule has 1 aliphatic rings. The van der Waals surface area contributed by atoms with Crippen molar-refractivity contribution in [2.75, 3.05) is 7.05 Å². The van der Waals surface area contributed by atoms with Crippen LogP contribution in [0.25, 0.3) is 0 Å². The molecule has 4 aromatic rings. The molecular formula is C31H31F2NP2. The van der Waals surface area contributed by atoms with Gasteiger partial charge in [0.15, 0.2) is 0 Å². The van der Waals surface area contributed by atoms with Crippen molar-refractivity contribution in [3.05, 3.63) is 131 Å². The van der Waals surface area contributed by atoms with Crippen molar-refractivity contribution in [3.8, 4) is 0 Å². The molecule has 0 unspecified atom stereocenters. The third-order valence-electron chi connectivity index (χ3n) is 7.06. The Morgan fingerprint density at radius 3 is 1.42 bits per heavy atom. The van der Waals surface area contributed by atoms with Crippen LogP contribution in [0.2, 0.25) is 0 Å². The van der Waals surface area contributed by atoms with Gasteiger partial charge in [-0.05, 0) is 77.2 Å². The Kier molecular flexibility index (Phi) is 7.63. The molecule has 1 heterocycles. The second kappa shape index (κ2) is 10.9. The first-order chi connectivity index (χ1) is 17.4. The zero-order chi connectivity index (χ0) is 25.2. The lowest BCUT2D eigenvalue weighted by Gasteiger charge is -2.40. The average Bonchev–Trinajstić information content (AvgIpc) is 3.32. The van der Waals surface area contributed by atoms with Crippen LogP contribution in [0.1, 0.15) is 46.4 Å². The molecule has 2 atom stereocenters. The SMILES string of the molecule is Cc1ccc([C@@H]2CC[C@@H](c3ccc(C)cc3)P2N(C)P(c2ccccc2F)c2ccccc2F)cc1. The topological polar surface area (TPSA) is 3.24 Å². The van der Waals surface area contributed by atoms with Crippen LogP contribution >= 0.6 is 16.1 Å². The first-order valence-electron chi connectivity index (χ1n) is 12.4. The largest absolute Gasteiger partial charge is 0.254 e. The van der Waals surface area contributed by atoms with Gasteiger partial charge in [-0.25, -0.2) is 8.78 Å². The quantitative estimate of drug-likeness (QED) is 0.232. The molecule has 1 nitrogen and oxygen atoms in total. The summed E-state index contributed by atoms with van der Waals surface area (Å²) in [6, 6.07) is 31.5. The average molecular weight is 518 g/mol. The number of hydrogen-bond donors (Lipinski definition) is 0. The summed E-state index contributed by atoms with van der Waals surface area (Å²) in [4.78, 5) is 0. The number of nitrogens with zero attached hydrogens (tertiary/aromatic N) is 1. The van der Waals surface area contributed by atoms with E-state index in [1.54, 1.807) is 12.1 Å². The van der Waals surface area contributed by atoms with Gasteiger partial charge in [0.1, 0.15) is 11.6 Å². The molecule has 184 valence electrons. The smallest absolute Gasteiger partial charge is 0.132 e. The number of hydrogen-bond acceptors (Lipinski definition) is 1. The Morgan fingerprint density at radius 1 is 0.639 bits per heavy atom. The minimum Gasteiger partial charge on any atom is -0.254 e. The van der Waals surface area contributed by atoms with Crippen LogP contribution in [0, 0.1) is 25.5 Å². The standard InChI is InChI=1S/C31H31F2NP2/c1-22-12-16-24(17-13-22)28-20-21-29(25-18-14-23(2)15-19-25)35(28)34(3)36(30-10-6-4-8-26(30)32)31-11-7-5-9-27(31)33/h4-19,28-29H,20-21H2,1-3H3/t28-,29-/m0/s1. The molecule has 0 N–H and O–H groups in total. The van der Waals surface area contributed by atoms with Gasteiger partial charge < -0.3 is 0 Å². The normalized spacial score (nSPS) is 18.3. The molecule has 5 rings (SSSR count). The number of rotatable bonds is 6. The monoisotopic (exact) mass is 517 g/mol. The summed E-state index contributed by atoms with van der Waals surface area (Å²) >= 11 is 0. The van der Waals surface area contributed by atoms with E-state index in [0.29, 0.717) is 21.9 Å². The van der Waals surface area contributed by atoms with E-state index >= 15 is 8.78 Å². The van der Waals surface area contributed by atoms with Gasteiger partial charge in [0.2, 0.25) is 0 Å². The van der Waals surface area contributed by atoms with Crippen molar-refractivity contribution in [1.29, 1.82) is 0 Å². The van der Waals surface area contributed by atoms with E-state index in [1.165, 1.54) is 34.4 Å². The molecule has 0 spiro atoms. The maximum atomic E-state index is 15.3. The van der Waals surface area contributed by atoms with Crippen molar-refractivity contribution >= 4 is 26.8 Å². The first kappa shape index (κ1) is 25.2. The summed E-state index contributed by atoms with van der Waals surface area (Å²) in [5.41, 5.74) is 5.80. The zero-order valence-corrected chi connectivity index (χ0v) is 22.7. The van der Waals surface area contributed by atoms with Crippen molar-refractivity contribution in [1.82, 2.24) is 4.44 Å². The fraction of sp³-hybridized carbons (Fsp3) is 0.226. The highest BCUT2D eigenvalue weighted by Crippen LogP contribution is 2.75. The number of benzene rings is 4. The van der Waals surface area contributed by atoms with Crippen LogP contribution in [0.4, 0.5) is 8.78 Å². The minimum absolute atomic E-state index is 0.272. The lowest BCUT2D eigenvalue weighted by molar-refractivity contribution is 0.632. The van der Waals surface area contributed by atoms with Crippen LogP contribution in [-0.4, -0.2) is 11.5 Å². The van der Waals surface area contributed by atoms with E-state index in [1.807, 2.05) is 24.3 Å². The Balaban J connectivity index is 1.65. The van der Waals surface area contributed by atoms with Gasteiger partial charge in [-0.3, -0.25) is 4.44 Å². The second-order valence-electron chi connectivity index (χ2n) is 9.51. The molecule has 0 aromatic heterocycles. The fourth-order valence-electron chi connectivity index (χ4n) is 5.21. The van der Waals surface area contributed by atoms with Gasteiger partial charge >= 0.3 is 0 Å². The highest BCUT2D eigenvalue weighted by molar-refractivity contribution is 7.79. The van der Waals surface area contributed by atoms with E-state index in [9.17, 15) is 0 Å². The molecule has 5 heteroatoms. The zero-order valence-electron chi connectivity index (χ0n) is 20.9. The summed E-state index contributed by atoms with van der Waals surface area (Å²) in [6.45, 7) is 4.22. The molecule has 0 saturated carbocycles. The Morgan fingerprint density at radius 2 is 1.03 bits per heavy atom. The van der Waals surface area contributed by atoms with Gasteiger partial charge in [-0.2, -0.15) is 0 Å². The Labute approximate surface area is 215 Å². The van der Waals surface area contributed by atoms with Gasteiger partial charge in [0.05, 0.1) is 0 Å². The van der Waals surface area contributed by atoms with E-state index in [2.05, 4.69) is 73.9 Å². The Hall–Kier alpha value is -2.44. The summed E-state index contributed by atoms with van der Waals surface area (Å²) < 4.78 is 33.0. The number of aryl methyl sites for hydroxylation is 2. The predicted molar refractivity (Wildman–Crippen MR) is 151 cm³/mol. The van der Waals surface area contributed by atoms with Crippen molar-refractivity contribution in [2.24, 2.45) is 0 Å². The summed E-state index contributed by atoms with van der Waals surface area (Å²) in [5.74, 6) is -0.543. The van der Waals surface area contributed by atoms with Crippen LogP contribution in [0.5, 0.6) is 0 Å². The van der Waals surface area contributed by atoms with Crippen molar-refractivity contribution < 1.29 is 8.78 Å². The minimum atomic E-state index is -1.40. The van der Waals surface area contributed by atoms with Crippen LogP contribution in [0.3, 0.4) is 0 Å². The van der Waals surface area contributed by atoms with E-state index in [0.717, 1.165) is 12.8 Å². The third-order valence-corrected chi connectivity index (χ3v) is 13.5. The summed E-state index contributed by atoms with van der Waals surface area (Å²) in [6.07, 6.45) is 2.13. The van der Waals surface area contributed by atoms with Gasteiger partial charge in [-0.15, -0.1) is 0 Å². The molecule has 36 heavy (non-hydrogen) atoms. The van der Waals surface area contributed by atoms with E-state index in [4.69, 9.17) is 0 Å². The third kappa shape index (κ3) is 5.03. The molecule has 4 aromatic carbocycles. The lowest BCUT2D eigenvalue weighted by Crippen LogP contribution is -2.27. The lowest BCUT2D eigenvalue weighted by atomic mass is 10.0. The van der Waals surface area contributed by atoms with E-state index in [-0.39, 0.29) is 11.6 Å². The van der Waals surface area contributed by atoms with E-state index < -0.39 is 16.1 Å². The van der Waals surface area contributed by atoms with Crippen LogP contribution < -0.4 is 10.6 Å². The van der Waals surface area contributed by atoms with Crippen molar-refractivity contribution in [3.63, 3.8) is 0 Å². The Bertz CT molecular complexity index is 1220. The second-order valence-corrected chi connectivity index (χ2v) is 14.6. The van der Waals surface area contributed by atoms with Crippen LogP contribution in [-0.2, 0) is 0 Å². The van der Waals surface area contributed by atoms with Crippen LogP contribution in [0.15, 0.2) is 97.1 Å². The molecular weight excluding hydrogens is 486 g/mol. The molecule has 0 aliphatic carbocycles. The molecule has 0 radical (unpaired) electrons. The van der Waals surface area contributed by atoms with Crippen molar-refractivity contribution in [2.45, 2.75) is 38.0 Å². The molecule has 1 saturated heterocycles. The summed E-state index contributed by atoms with van der Waals surface area (Å²) in [7, 11) is -0.0855. The fourth-order valence-corrected chi connectivity index (χ4v) is 12.3.